The molecule has 20 heteroatoms. The summed E-state index contributed by atoms with van der Waals surface area (Å²) in [4.78, 5) is -0.823. The van der Waals surface area contributed by atoms with Crippen LogP contribution in [0.4, 0.5) is 17.1 Å². The van der Waals surface area contributed by atoms with Crippen molar-refractivity contribution >= 4 is 70.2 Å². The molecule has 16 nitrogen and oxygen atoms in total. The van der Waals surface area contributed by atoms with Crippen LogP contribution in [0.15, 0.2) is 67.4 Å². The summed E-state index contributed by atoms with van der Waals surface area (Å²) in [7, 11) is -13.7. The molecule has 0 fully saturated rings. The van der Waals surface area contributed by atoms with Crippen molar-refractivity contribution < 1.29 is 58.3 Å². The van der Waals surface area contributed by atoms with Gasteiger partial charge in [0.1, 0.15) is 16.3 Å². The third kappa shape index (κ3) is 7.35. The first-order valence-electron chi connectivity index (χ1n) is 9.70. The van der Waals surface area contributed by atoms with E-state index in [-0.39, 0.29) is 31.9 Å². The molecule has 0 aliphatic heterocycles. The summed E-state index contributed by atoms with van der Waals surface area (Å²) >= 11 is 0.464. The van der Waals surface area contributed by atoms with Crippen LogP contribution in [0.1, 0.15) is 0 Å². The van der Waals surface area contributed by atoms with Gasteiger partial charge in [0, 0.05) is 4.90 Å². The molecule has 0 atom stereocenters. The Labute approximate surface area is 219 Å². The number of hydrogen-bond donors (Lipinski definition) is 5. The first kappa shape index (κ1) is 29.6. The van der Waals surface area contributed by atoms with Gasteiger partial charge in [-0.25, -0.2) is 17.9 Å². The fourth-order valence-electron chi connectivity index (χ4n) is 3.08. The van der Waals surface area contributed by atoms with E-state index in [1.54, 1.807) is 0 Å². The minimum absolute atomic E-state index is 0.0263. The Hall–Kier alpha value is -2.92. The quantitative estimate of drug-likeness (QED) is 0.0521. The van der Waals surface area contributed by atoms with Gasteiger partial charge in [0.2, 0.25) is 0 Å². The average molecular weight is 612 g/mol. The second-order valence-electron chi connectivity index (χ2n) is 7.14. The standard InChI is InChI=1S/C18H17N3O13S4/c19-17-15(37(26,27)28)8-10-7-12(35-34-33-23)9-14(22)16(10)18(17)21-20-11-1-3-13(4-2-11)36(24,25)6-5-32-38(29,30)31/h1-4,7-9,22-23H,5-6,19H2,(H,26,27,28)(H,29,30,31). The summed E-state index contributed by atoms with van der Waals surface area (Å²) < 4.78 is 95.9. The van der Waals surface area contributed by atoms with Gasteiger partial charge >= 0.3 is 10.4 Å². The van der Waals surface area contributed by atoms with Crippen molar-refractivity contribution in [2.24, 2.45) is 10.2 Å². The second-order valence-corrected chi connectivity index (χ2v) is 12.5. The van der Waals surface area contributed by atoms with E-state index < -0.39 is 59.0 Å². The molecular weight excluding hydrogens is 594 g/mol. The SMILES string of the molecule is Nc1c(S(=O)(=O)O)cc2cc(SOOO)cc(O)c2c1N=Nc1ccc(S(=O)(=O)CCOS(=O)(=O)O)cc1. The fourth-order valence-corrected chi connectivity index (χ4v) is 5.66. The van der Waals surface area contributed by atoms with Gasteiger partial charge in [0.15, 0.2) is 9.84 Å². The van der Waals surface area contributed by atoms with E-state index in [0.29, 0.717) is 12.0 Å². The highest BCUT2D eigenvalue weighted by Gasteiger charge is 2.23. The van der Waals surface area contributed by atoms with Crippen molar-refractivity contribution in [2.45, 2.75) is 14.7 Å². The first-order chi connectivity index (χ1) is 17.6. The number of rotatable bonds is 11. The molecule has 0 aliphatic carbocycles. The molecule has 0 amide bonds. The van der Waals surface area contributed by atoms with Crippen molar-refractivity contribution in [2.75, 3.05) is 18.1 Å². The first-order valence-corrected chi connectivity index (χ1v) is 14.9. The Balaban J connectivity index is 2.00. The maximum Gasteiger partial charge on any atom is 0.397 e. The predicted molar refractivity (Wildman–Crippen MR) is 131 cm³/mol. The molecule has 0 radical (unpaired) electrons. The van der Waals surface area contributed by atoms with E-state index in [1.807, 2.05) is 0 Å². The number of phenols is 1. The Bertz CT molecular complexity index is 1710. The largest absolute Gasteiger partial charge is 0.507 e. The van der Waals surface area contributed by atoms with Crippen LogP contribution in [0, 0.1) is 0 Å². The number of hydrogen-bond acceptors (Lipinski definition) is 15. The van der Waals surface area contributed by atoms with Crippen molar-refractivity contribution in [1.29, 1.82) is 0 Å². The molecule has 0 unspecified atom stereocenters. The van der Waals surface area contributed by atoms with Gasteiger partial charge < -0.3 is 10.8 Å². The number of azo groups is 1. The highest BCUT2D eigenvalue weighted by molar-refractivity contribution is 7.94. The van der Waals surface area contributed by atoms with Gasteiger partial charge in [-0.2, -0.15) is 21.9 Å². The number of sulfone groups is 1. The van der Waals surface area contributed by atoms with E-state index in [1.165, 1.54) is 18.2 Å². The van der Waals surface area contributed by atoms with Gasteiger partial charge in [0.05, 0.1) is 46.1 Å². The van der Waals surface area contributed by atoms with Crippen LogP contribution >= 0.6 is 12.0 Å². The summed E-state index contributed by atoms with van der Waals surface area (Å²) in [5, 5.41) is 30.1. The summed E-state index contributed by atoms with van der Waals surface area (Å²) in [5.41, 5.74) is 5.07. The zero-order chi connectivity index (χ0) is 28.3. The molecule has 0 bridgehead atoms. The average Bonchev–Trinajstić information content (AvgIpc) is 2.80. The van der Waals surface area contributed by atoms with E-state index in [4.69, 9.17) is 15.5 Å². The molecule has 0 saturated heterocycles. The van der Waals surface area contributed by atoms with Gasteiger partial charge in [0.25, 0.3) is 10.1 Å². The third-order valence-corrected chi connectivity index (χ3v) is 8.26. The van der Waals surface area contributed by atoms with Crippen molar-refractivity contribution in [3.8, 4) is 5.75 Å². The molecule has 0 heterocycles. The van der Waals surface area contributed by atoms with Gasteiger partial charge in [-0.3, -0.25) is 9.11 Å². The molecule has 3 aromatic carbocycles. The monoisotopic (exact) mass is 611 g/mol. The highest BCUT2D eigenvalue weighted by atomic mass is 32.3. The lowest BCUT2D eigenvalue weighted by atomic mass is 10.1. The number of aromatic hydroxyl groups is 1. The highest BCUT2D eigenvalue weighted by Crippen LogP contribution is 2.44. The topological polar surface area (TPSA) is 262 Å². The van der Waals surface area contributed by atoms with E-state index in [0.717, 1.165) is 24.3 Å². The van der Waals surface area contributed by atoms with Crippen molar-refractivity contribution in [1.82, 2.24) is 0 Å². The van der Waals surface area contributed by atoms with Crippen LogP contribution in [0.2, 0.25) is 0 Å². The number of anilines is 1. The predicted octanol–water partition coefficient (Wildman–Crippen LogP) is 2.81. The number of benzene rings is 3. The van der Waals surface area contributed by atoms with Crippen molar-refractivity contribution in [3.05, 3.63) is 42.5 Å². The van der Waals surface area contributed by atoms with E-state index in [9.17, 15) is 34.9 Å². The van der Waals surface area contributed by atoms with Crippen LogP contribution < -0.4 is 5.73 Å². The van der Waals surface area contributed by atoms with Crippen molar-refractivity contribution in [3.63, 3.8) is 0 Å². The van der Waals surface area contributed by atoms with E-state index >= 15 is 0 Å². The third-order valence-electron chi connectivity index (χ3n) is 4.65. The smallest absolute Gasteiger partial charge is 0.397 e. The number of nitrogens with two attached hydrogens (primary N) is 1. The molecule has 0 saturated carbocycles. The number of nitrogens with zero attached hydrogens (tertiary/aromatic N) is 2. The zero-order valence-electron chi connectivity index (χ0n) is 18.5. The summed E-state index contributed by atoms with van der Waals surface area (Å²) in [6, 6.07) is 8.10. The molecule has 3 aromatic rings. The Morgan fingerprint density at radius 1 is 0.947 bits per heavy atom. The van der Waals surface area contributed by atoms with E-state index in [2.05, 4.69) is 23.8 Å². The van der Waals surface area contributed by atoms with Gasteiger partial charge in [-0.05, 0) is 47.9 Å². The summed E-state index contributed by atoms with van der Waals surface area (Å²) in [6.07, 6.45) is 0. The molecule has 0 spiro atoms. The lowest BCUT2D eigenvalue weighted by Gasteiger charge is -2.12. The minimum Gasteiger partial charge on any atom is -0.507 e. The summed E-state index contributed by atoms with van der Waals surface area (Å²) in [6.45, 7) is -0.818. The maximum atomic E-state index is 12.3. The molecule has 6 N–H and O–H groups in total. The zero-order valence-corrected chi connectivity index (χ0v) is 21.8. The normalized spacial score (nSPS) is 12.9. The van der Waals surface area contributed by atoms with Gasteiger partial charge in [-0.1, -0.05) is 5.04 Å². The number of phenolic OH excluding ortho intramolecular Hbond substituents is 1. The van der Waals surface area contributed by atoms with Gasteiger partial charge in [-0.15, -0.1) is 9.45 Å². The van der Waals surface area contributed by atoms with Crippen LogP contribution in [0.3, 0.4) is 0 Å². The van der Waals surface area contributed by atoms with Crippen LogP contribution in [-0.4, -0.2) is 57.1 Å². The second kappa shape index (κ2) is 11.4. The molecule has 0 aliphatic rings. The molecule has 0 aromatic heterocycles. The lowest BCUT2D eigenvalue weighted by Crippen LogP contribution is -2.15. The number of nitrogen functional groups attached to an aromatic ring is 1. The Morgan fingerprint density at radius 3 is 2.18 bits per heavy atom. The fraction of sp³-hybridized carbons (Fsp3) is 0.111. The summed E-state index contributed by atoms with van der Waals surface area (Å²) in [5.74, 6) is -1.21. The molecular formula is C18H17N3O13S4. The van der Waals surface area contributed by atoms with Crippen LogP contribution in [0.25, 0.3) is 10.8 Å². The number of fused-ring (bicyclic) bond motifs is 1. The lowest BCUT2D eigenvalue weighted by molar-refractivity contribution is -0.432. The molecule has 3 rings (SSSR count). The maximum absolute atomic E-state index is 12.3. The Morgan fingerprint density at radius 2 is 1.61 bits per heavy atom. The van der Waals surface area contributed by atoms with Crippen LogP contribution in [-0.2, 0) is 43.9 Å². The molecule has 206 valence electrons. The Kier molecular flexibility index (Phi) is 8.93. The minimum atomic E-state index is -4.85. The molecule has 38 heavy (non-hydrogen) atoms. The van der Waals surface area contributed by atoms with Crippen LogP contribution in [0.5, 0.6) is 5.75 Å².